The number of amides is 1. The Bertz CT molecular complexity index is 735. The van der Waals surface area contributed by atoms with Gasteiger partial charge in [0.25, 0.3) is 5.91 Å². The number of esters is 1. The lowest BCUT2D eigenvalue weighted by Gasteiger charge is -2.54. The fourth-order valence-corrected chi connectivity index (χ4v) is 5.94. The first-order valence-corrected chi connectivity index (χ1v) is 10.6. The van der Waals surface area contributed by atoms with Gasteiger partial charge in [0.1, 0.15) is 11.9 Å². The van der Waals surface area contributed by atoms with Crippen LogP contribution in [0.2, 0.25) is 0 Å². The molecule has 5 heteroatoms. The molecule has 28 heavy (non-hydrogen) atoms. The van der Waals surface area contributed by atoms with Crippen LogP contribution in [-0.4, -0.2) is 30.6 Å². The highest BCUT2D eigenvalue weighted by atomic mass is 16.6. The zero-order valence-corrected chi connectivity index (χ0v) is 17.0. The Hall–Kier alpha value is -2.04. The Morgan fingerprint density at radius 2 is 1.93 bits per heavy atom. The third kappa shape index (κ3) is 3.40. The maximum absolute atomic E-state index is 12.5. The van der Waals surface area contributed by atoms with Gasteiger partial charge in [0, 0.05) is 17.9 Å². The Morgan fingerprint density at radius 1 is 1.21 bits per heavy atom. The van der Waals surface area contributed by atoms with E-state index in [1.165, 1.54) is 0 Å². The van der Waals surface area contributed by atoms with E-state index in [0.29, 0.717) is 17.6 Å². The summed E-state index contributed by atoms with van der Waals surface area (Å²) >= 11 is 0. The van der Waals surface area contributed by atoms with E-state index in [1.807, 2.05) is 37.3 Å². The van der Waals surface area contributed by atoms with Crippen molar-refractivity contribution in [2.45, 2.75) is 58.6 Å². The van der Waals surface area contributed by atoms with Gasteiger partial charge in [-0.3, -0.25) is 9.59 Å². The Kier molecular flexibility index (Phi) is 5.11. The van der Waals surface area contributed by atoms with Crippen molar-refractivity contribution in [1.29, 1.82) is 0 Å². The number of ether oxygens (including phenoxy) is 2. The molecular formula is C23H31NO4. The van der Waals surface area contributed by atoms with E-state index in [4.69, 9.17) is 9.47 Å². The number of nitrogens with one attached hydrogen (secondary N) is 1. The van der Waals surface area contributed by atoms with Crippen LogP contribution in [0.5, 0.6) is 5.75 Å². The average molecular weight is 386 g/mol. The van der Waals surface area contributed by atoms with Crippen LogP contribution in [0.25, 0.3) is 0 Å². The van der Waals surface area contributed by atoms with E-state index >= 15 is 0 Å². The van der Waals surface area contributed by atoms with E-state index in [-0.39, 0.29) is 47.9 Å². The van der Waals surface area contributed by atoms with Crippen LogP contribution < -0.4 is 10.1 Å². The van der Waals surface area contributed by atoms with E-state index in [1.54, 1.807) is 0 Å². The maximum atomic E-state index is 12.5. The molecule has 1 amide bonds. The number of rotatable bonds is 4. The van der Waals surface area contributed by atoms with Crippen LogP contribution in [0.3, 0.4) is 0 Å². The van der Waals surface area contributed by atoms with Gasteiger partial charge in [-0.05, 0) is 49.1 Å². The normalized spacial score (nSPS) is 39.5. The molecular weight excluding hydrogens is 354 g/mol. The third-order valence-corrected chi connectivity index (χ3v) is 7.58. The van der Waals surface area contributed by atoms with Crippen molar-refractivity contribution < 1.29 is 19.1 Å². The number of carbonyl (C=O) groups is 2. The molecule has 5 nitrogen and oxygen atoms in total. The largest absolute Gasteiger partial charge is 0.484 e. The molecule has 2 aliphatic carbocycles. The van der Waals surface area contributed by atoms with Gasteiger partial charge in [-0.15, -0.1) is 0 Å². The highest BCUT2D eigenvalue weighted by molar-refractivity contribution is 5.78. The topological polar surface area (TPSA) is 64.6 Å². The second-order valence-electron chi connectivity index (χ2n) is 9.25. The van der Waals surface area contributed by atoms with Gasteiger partial charge in [-0.2, -0.15) is 0 Å². The van der Waals surface area contributed by atoms with Gasteiger partial charge < -0.3 is 14.8 Å². The Labute approximate surface area is 167 Å². The summed E-state index contributed by atoms with van der Waals surface area (Å²) in [5.41, 5.74) is 0.187. The molecule has 1 aromatic rings. The first-order chi connectivity index (χ1) is 13.4. The van der Waals surface area contributed by atoms with Crippen LogP contribution in [0, 0.1) is 29.1 Å². The van der Waals surface area contributed by atoms with Gasteiger partial charge in [-0.25, -0.2) is 0 Å². The zero-order chi connectivity index (χ0) is 19.9. The molecule has 0 bridgehead atoms. The molecule has 4 rings (SSSR count). The lowest BCUT2D eigenvalue weighted by atomic mass is 9.52. The molecule has 1 N–H and O–H groups in total. The van der Waals surface area contributed by atoms with E-state index in [0.717, 1.165) is 25.7 Å². The van der Waals surface area contributed by atoms with Crippen LogP contribution in [0.4, 0.5) is 0 Å². The van der Waals surface area contributed by atoms with Crippen LogP contribution in [0.1, 0.15) is 46.5 Å². The fraction of sp³-hybridized carbons (Fsp3) is 0.652. The van der Waals surface area contributed by atoms with Gasteiger partial charge in [0.05, 0.1) is 5.92 Å². The summed E-state index contributed by atoms with van der Waals surface area (Å²) in [5, 5.41) is 3.19. The predicted octanol–water partition coefficient (Wildman–Crippen LogP) is 3.57. The average Bonchev–Trinajstić information content (AvgIpc) is 2.97. The van der Waals surface area contributed by atoms with E-state index in [9.17, 15) is 9.59 Å². The molecule has 152 valence electrons. The van der Waals surface area contributed by atoms with Crippen molar-refractivity contribution in [3.8, 4) is 5.75 Å². The summed E-state index contributed by atoms with van der Waals surface area (Å²) in [6.07, 6.45) is 4.23. The lowest BCUT2D eigenvalue weighted by Crippen LogP contribution is -2.57. The van der Waals surface area contributed by atoms with Crippen molar-refractivity contribution in [2.24, 2.45) is 29.1 Å². The molecule has 1 aromatic carbocycles. The Balaban J connectivity index is 1.41. The van der Waals surface area contributed by atoms with Gasteiger partial charge >= 0.3 is 5.97 Å². The number of carbonyl (C=O) groups excluding carboxylic acids is 2. The van der Waals surface area contributed by atoms with Crippen LogP contribution >= 0.6 is 0 Å². The summed E-state index contributed by atoms with van der Waals surface area (Å²) in [6.45, 7) is 6.58. The number of benzene rings is 1. The minimum Gasteiger partial charge on any atom is -0.484 e. The number of fused-ring (bicyclic) bond motifs is 3. The summed E-state index contributed by atoms with van der Waals surface area (Å²) < 4.78 is 11.5. The molecule has 3 aliphatic rings. The van der Waals surface area contributed by atoms with Gasteiger partial charge in [0.15, 0.2) is 6.61 Å². The number of hydrogen-bond acceptors (Lipinski definition) is 4. The van der Waals surface area contributed by atoms with Crippen LogP contribution in [0.15, 0.2) is 30.3 Å². The minimum atomic E-state index is -0.0894. The summed E-state index contributed by atoms with van der Waals surface area (Å²) in [5.74, 6) is 1.45. The fourth-order valence-electron chi connectivity index (χ4n) is 5.94. The van der Waals surface area contributed by atoms with Crippen molar-refractivity contribution >= 4 is 11.9 Å². The zero-order valence-electron chi connectivity index (χ0n) is 17.0. The highest BCUT2D eigenvalue weighted by Gasteiger charge is 2.58. The SMILES string of the molecule is CC1C(=O)OC2C1CCC1(C)CCC(NC(=O)COc3ccccc3)C(C)C21. The van der Waals surface area contributed by atoms with Crippen molar-refractivity contribution in [3.63, 3.8) is 0 Å². The van der Waals surface area contributed by atoms with Crippen LogP contribution in [-0.2, 0) is 14.3 Å². The quantitative estimate of drug-likeness (QED) is 0.805. The number of hydrogen-bond donors (Lipinski definition) is 1. The first kappa shape index (κ1) is 19.3. The molecule has 0 aromatic heterocycles. The Morgan fingerprint density at radius 3 is 2.68 bits per heavy atom. The molecule has 7 unspecified atom stereocenters. The predicted molar refractivity (Wildman–Crippen MR) is 106 cm³/mol. The monoisotopic (exact) mass is 385 g/mol. The molecule has 7 atom stereocenters. The van der Waals surface area contributed by atoms with Gasteiger partial charge in [-0.1, -0.05) is 39.0 Å². The highest BCUT2D eigenvalue weighted by Crippen LogP contribution is 2.57. The molecule has 3 fully saturated rings. The van der Waals surface area contributed by atoms with Crippen molar-refractivity contribution in [2.75, 3.05) is 6.61 Å². The summed E-state index contributed by atoms with van der Waals surface area (Å²) in [6, 6.07) is 9.49. The summed E-state index contributed by atoms with van der Waals surface area (Å²) in [7, 11) is 0. The molecule has 1 aliphatic heterocycles. The first-order valence-electron chi connectivity index (χ1n) is 10.6. The second kappa shape index (κ2) is 7.41. The lowest BCUT2D eigenvalue weighted by molar-refractivity contribution is -0.154. The summed E-state index contributed by atoms with van der Waals surface area (Å²) in [4.78, 5) is 24.7. The molecule has 0 spiro atoms. The minimum absolute atomic E-state index is 0.00322. The van der Waals surface area contributed by atoms with E-state index in [2.05, 4.69) is 19.2 Å². The van der Waals surface area contributed by atoms with Crippen molar-refractivity contribution in [3.05, 3.63) is 30.3 Å². The van der Waals surface area contributed by atoms with Crippen molar-refractivity contribution in [1.82, 2.24) is 5.32 Å². The molecule has 1 saturated heterocycles. The van der Waals surface area contributed by atoms with Gasteiger partial charge in [0.2, 0.25) is 0 Å². The maximum Gasteiger partial charge on any atom is 0.309 e. The number of para-hydroxylation sites is 1. The molecule has 0 radical (unpaired) electrons. The molecule has 2 saturated carbocycles. The molecule has 1 heterocycles. The second-order valence-corrected chi connectivity index (χ2v) is 9.25. The third-order valence-electron chi connectivity index (χ3n) is 7.58. The smallest absolute Gasteiger partial charge is 0.309 e. The standard InChI is InChI=1S/C23H31NO4/c1-14-17-9-11-23(3)12-10-18(15(2)20(23)21(17)28-22(14)26)24-19(25)13-27-16-7-5-4-6-8-16/h4-8,14-15,17-18,20-21H,9-13H2,1-3H3,(H,24,25). The van der Waals surface area contributed by atoms with E-state index < -0.39 is 0 Å².